The van der Waals surface area contributed by atoms with Crippen LogP contribution < -0.4 is 5.73 Å². The zero-order valence-corrected chi connectivity index (χ0v) is 11.1. The third-order valence-electron chi connectivity index (χ3n) is 3.18. The van der Waals surface area contributed by atoms with Gasteiger partial charge in [-0.15, -0.1) is 0 Å². The van der Waals surface area contributed by atoms with Crippen LogP contribution in [0, 0.1) is 0 Å². The first-order valence-electron chi connectivity index (χ1n) is 6.17. The molecule has 1 unspecified atom stereocenters. The number of carbonyl (C=O) groups is 2. The van der Waals surface area contributed by atoms with E-state index in [1.807, 2.05) is 18.7 Å². The van der Waals surface area contributed by atoms with Crippen LogP contribution in [-0.4, -0.2) is 52.8 Å². The van der Waals surface area contributed by atoms with Gasteiger partial charge in [0, 0.05) is 26.1 Å². The molecule has 5 heteroatoms. The van der Waals surface area contributed by atoms with Gasteiger partial charge in [-0.05, 0) is 27.2 Å². The van der Waals surface area contributed by atoms with Crippen LogP contribution in [0.15, 0.2) is 0 Å². The van der Waals surface area contributed by atoms with E-state index in [4.69, 9.17) is 5.73 Å². The molecule has 0 aromatic heterocycles. The van der Waals surface area contributed by atoms with Crippen molar-refractivity contribution in [1.82, 2.24) is 9.80 Å². The summed E-state index contributed by atoms with van der Waals surface area (Å²) in [6.45, 7) is 8.57. The van der Waals surface area contributed by atoms with Crippen molar-refractivity contribution in [1.29, 1.82) is 0 Å². The summed E-state index contributed by atoms with van der Waals surface area (Å²) in [7, 11) is 0. The molecule has 0 aromatic rings. The molecule has 2 amide bonds. The summed E-state index contributed by atoms with van der Waals surface area (Å²) in [5.41, 5.74) is 5.59. The van der Waals surface area contributed by atoms with Gasteiger partial charge in [0.1, 0.15) is 0 Å². The molecule has 98 valence electrons. The number of carbonyl (C=O) groups excluding carboxylic acids is 2. The van der Waals surface area contributed by atoms with Crippen LogP contribution in [0.1, 0.15) is 34.1 Å². The summed E-state index contributed by atoms with van der Waals surface area (Å²) in [6, 6.07) is -0.156. The summed E-state index contributed by atoms with van der Waals surface area (Å²) in [5.74, 6) is 0.0415. The zero-order valence-electron chi connectivity index (χ0n) is 11.1. The fourth-order valence-corrected chi connectivity index (χ4v) is 2.50. The number of hydrogen-bond donors (Lipinski definition) is 1. The van der Waals surface area contributed by atoms with Crippen LogP contribution in [0.3, 0.4) is 0 Å². The average Bonchev–Trinajstić information content (AvgIpc) is 2.64. The molecule has 0 aliphatic carbocycles. The highest BCUT2D eigenvalue weighted by Crippen LogP contribution is 2.18. The van der Waals surface area contributed by atoms with Gasteiger partial charge in [-0.2, -0.15) is 0 Å². The monoisotopic (exact) mass is 241 g/mol. The van der Waals surface area contributed by atoms with E-state index in [1.54, 1.807) is 18.7 Å². The van der Waals surface area contributed by atoms with Gasteiger partial charge in [-0.3, -0.25) is 9.59 Å². The first-order valence-corrected chi connectivity index (χ1v) is 6.17. The molecular weight excluding hydrogens is 218 g/mol. The SMILES string of the molecule is CC(=O)N(C(C)C)C1CCN(C(=O)[C@H](C)N)C1. The highest BCUT2D eigenvalue weighted by Gasteiger charge is 2.33. The van der Waals surface area contributed by atoms with Gasteiger partial charge in [-0.1, -0.05) is 0 Å². The summed E-state index contributed by atoms with van der Waals surface area (Å²) in [4.78, 5) is 26.9. The molecule has 1 aliphatic rings. The van der Waals surface area contributed by atoms with Crippen LogP contribution in [0.5, 0.6) is 0 Å². The lowest BCUT2D eigenvalue weighted by Gasteiger charge is -2.31. The van der Waals surface area contributed by atoms with Crippen molar-refractivity contribution in [3.8, 4) is 0 Å². The Morgan fingerprint density at radius 1 is 1.35 bits per heavy atom. The Bertz CT molecular complexity index is 302. The van der Waals surface area contributed by atoms with Crippen molar-refractivity contribution in [2.75, 3.05) is 13.1 Å². The van der Waals surface area contributed by atoms with E-state index in [-0.39, 0.29) is 23.9 Å². The lowest BCUT2D eigenvalue weighted by Crippen LogP contribution is -2.47. The van der Waals surface area contributed by atoms with Gasteiger partial charge < -0.3 is 15.5 Å². The van der Waals surface area contributed by atoms with E-state index in [0.29, 0.717) is 13.1 Å². The minimum Gasteiger partial charge on any atom is -0.339 e. The Balaban J connectivity index is 2.66. The highest BCUT2D eigenvalue weighted by molar-refractivity contribution is 5.81. The average molecular weight is 241 g/mol. The Kier molecular flexibility index (Phi) is 4.51. The second-order valence-electron chi connectivity index (χ2n) is 5.04. The topological polar surface area (TPSA) is 66.6 Å². The van der Waals surface area contributed by atoms with Crippen LogP contribution >= 0.6 is 0 Å². The van der Waals surface area contributed by atoms with Gasteiger partial charge in [0.25, 0.3) is 0 Å². The van der Waals surface area contributed by atoms with Gasteiger partial charge in [-0.25, -0.2) is 0 Å². The first-order chi connectivity index (χ1) is 7.84. The minimum absolute atomic E-state index is 0.0280. The quantitative estimate of drug-likeness (QED) is 0.767. The molecule has 17 heavy (non-hydrogen) atoms. The van der Waals surface area contributed by atoms with E-state index in [2.05, 4.69) is 0 Å². The number of nitrogens with two attached hydrogens (primary N) is 1. The Morgan fingerprint density at radius 2 is 1.94 bits per heavy atom. The summed E-state index contributed by atoms with van der Waals surface area (Å²) in [6.07, 6.45) is 0.843. The van der Waals surface area contributed by atoms with Crippen molar-refractivity contribution >= 4 is 11.8 Å². The minimum atomic E-state index is -0.460. The van der Waals surface area contributed by atoms with E-state index in [9.17, 15) is 9.59 Å². The molecular formula is C12H23N3O2. The number of hydrogen-bond acceptors (Lipinski definition) is 3. The molecule has 0 bridgehead atoms. The molecule has 1 heterocycles. The molecule has 0 aromatic carbocycles. The molecule has 5 nitrogen and oxygen atoms in total. The summed E-state index contributed by atoms with van der Waals surface area (Å²) < 4.78 is 0. The standard InChI is InChI=1S/C12H23N3O2/c1-8(2)15(10(4)16)11-5-6-14(7-11)12(17)9(3)13/h8-9,11H,5-7,13H2,1-4H3/t9-,11?/m0/s1. The van der Waals surface area contributed by atoms with Crippen LogP contribution in [-0.2, 0) is 9.59 Å². The van der Waals surface area contributed by atoms with Crippen LogP contribution in [0.25, 0.3) is 0 Å². The van der Waals surface area contributed by atoms with Gasteiger partial charge in [0.2, 0.25) is 11.8 Å². The van der Waals surface area contributed by atoms with Crippen LogP contribution in [0.4, 0.5) is 0 Å². The fraction of sp³-hybridized carbons (Fsp3) is 0.833. The number of likely N-dealkylation sites (tertiary alicyclic amines) is 1. The maximum Gasteiger partial charge on any atom is 0.239 e. The smallest absolute Gasteiger partial charge is 0.239 e. The van der Waals surface area contributed by atoms with Gasteiger partial charge >= 0.3 is 0 Å². The van der Waals surface area contributed by atoms with Crippen molar-refractivity contribution in [2.45, 2.75) is 52.2 Å². The number of amides is 2. The predicted molar refractivity (Wildman–Crippen MR) is 66.3 cm³/mol. The number of nitrogens with zero attached hydrogens (tertiary/aromatic N) is 2. The largest absolute Gasteiger partial charge is 0.339 e. The van der Waals surface area contributed by atoms with E-state index < -0.39 is 6.04 Å². The van der Waals surface area contributed by atoms with Gasteiger partial charge in [0.15, 0.2) is 0 Å². The Hall–Kier alpha value is -1.10. The Labute approximate surface area is 103 Å². The third kappa shape index (κ3) is 3.19. The molecule has 1 rings (SSSR count). The predicted octanol–water partition coefficient (Wildman–Crippen LogP) is 0.191. The molecule has 0 spiro atoms. The van der Waals surface area contributed by atoms with Crippen molar-refractivity contribution in [3.63, 3.8) is 0 Å². The van der Waals surface area contributed by atoms with E-state index in [0.717, 1.165) is 6.42 Å². The zero-order chi connectivity index (χ0) is 13.2. The first kappa shape index (κ1) is 14.0. The van der Waals surface area contributed by atoms with Crippen molar-refractivity contribution < 1.29 is 9.59 Å². The third-order valence-corrected chi connectivity index (χ3v) is 3.18. The normalized spacial score (nSPS) is 21.8. The number of rotatable bonds is 3. The molecule has 1 aliphatic heterocycles. The second-order valence-corrected chi connectivity index (χ2v) is 5.04. The fourth-order valence-electron chi connectivity index (χ4n) is 2.50. The molecule has 0 radical (unpaired) electrons. The molecule has 1 saturated heterocycles. The molecule has 2 atom stereocenters. The lowest BCUT2D eigenvalue weighted by atomic mass is 10.1. The van der Waals surface area contributed by atoms with Crippen LogP contribution in [0.2, 0.25) is 0 Å². The van der Waals surface area contributed by atoms with Crippen molar-refractivity contribution in [3.05, 3.63) is 0 Å². The van der Waals surface area contributed by atoms with Crippen molar-refractivity contribution in [2.24, 2.45) is 5.73 Å². The van der Waals surface area contributed by atoms with Gasteiger partial charge in [0.05, 0.1) is 12.1 Å². The molecule has 0 saturated carbocycles. The maximum atomic E-state index is 11.8. The van der Waals surface area contributed by atoms with E-state index in [1.165, 1.54) is 0 Å². The van der Waals surface area contributed by atoms with E-state index >= 15 is 0 Å². The lowest BCUT2D eigenvalue weighted by molar-refractivity contribution is -0.135. The highest BCUT2D eigenvalue weighted by atomic mass is 16.2. The Morgan fingerprint density at radius 3 is 2.35 bits per heavy atom. The molecule has 1 fully saturated rings. The second kappa shape index (κ2) is 5.49. The summed E-state index contributed by atoms with van der Waals surface area (Å²) in [5, 5.41) is 0. The molecule has 2 N–H and O–H groups in total. The summed E-state index contributed by atoms with van der Waals surface area (Å²) >= 11 is 0. The maximum absolute atomic E-state index is 11.8.